The fourth-order valence-electron chi connectivity index (χ4n) is 5.18. The molecule has 0 aliphatic carbocycles. The van der Waals surface area contributed by atoms with Crippen LogP contribution in [0.15, 0.2) is 72.8 Å². The van der Waals surface area contributed by atoms with Crippen LogP contribution in [0.1, 0.15) is 33.4 Å². The summed E-state index contributed by atoms with van der Waals surface area (Å²) in [4.78, 5) is 27.3. The number of esters is 1. The van der Waals surface area contributed by atoms with Crippen LogP contribution in [0.4, 0.5) is 0 Å². The minimum atomic E-state index is -1.10. The van der Waals surface area contributed by atoms with Crippen LogP contribution in [0.3, 0.4) is 0 Å². The van der Waals surface area contributed by atoms with E-state index in [1.54, 1.807) is 36.4 Å². The van der Waals surface area contributed by atoms with Gasteiger partial charge in [-0.1, -0.05) is 59.6 Å². The number of carbonyl (C=O) groups excluding carboxylic acids is 2. The lowest BCUT2D eigenvalue weighted by molar-refractivity contribution is -0.143. The lowest BCUT2D eigenvalue weighted by Gasteiger charge is -2.41. The van der Waals surface area contributed by atoms with E-state index in [-0.39, 0.29) is 12.4 Å². The third-order valence-electron chi connectivity index (χ3n) is 6.66. The van der Waals surface area contributed by atoms with Gasteiger partial charge < -0.3 is 9.47 Å². The first-order chi connectivity index (χ1) is 16.0. The largest absolute Gasteiger partial charge is 0.492 e. The molecule has 1 spiro atoms. The van der Waals surface area contributed by atoms with Crippen LogP contribution in [-0.4, -0.2) is 31.5 Å². The van der Waals surface area contributed by atoms with Gasteiger partial charge in [0.15, 0.2) is 5.78 Å². The van der Waals surface area contributed by atoms with Crippen LogP contribution in [-0.2, 0) is 9.53 Å². The molecule has 0 bridgehead atoms. The van der Waals surface area contributed by atoms with E-state index >= 15 is 0 Å². The van der Waals surface area contributed by atoms with Crippen LogP contribution in [0.25, 0.3) is 0 Å². The predicted molar refractivity (Wildman–Crippen MR) is 126 cm³/mol. The van der Waals surface area contributed by atoms with Gasteiger partial charge in [-0.25, -0.2) is 0 Å². The quantitative estimate of drug-likeness (QED) is 0.519. The third kappa shape index (κ3) is 3.52. The number of methoxy groups -OCH3 is 1. The first kappa shape index (κ1) is 22.0. The molecule has 4 atom stereocenters. The highest BCUT2D eigenvalue weighted by Crippen LogP contribution is 2.57. The standard InChI is InChI=1S/C26H21Cl2NO4/c1-32-25(31)22-21(15-6-10-17(27)11-7-15)26(23(29-22)16-8-12-18(28)13-9-16)14-33-20-5-3-2-4-19(20)24(26)30/h2-13,21-23,29H,14H2,1H3/t21-,22+,23+,26+/m1/s1. The lowest BCUT2D eigenvalue weighted by atomic mass is 9.62. The van der Waals surface area contributed by atoms with E-state index in [9.17, 15) is 9.59 Å². The van der Waals surface area contributed by atoms with E-state index in [0.717, 1.165) is 11.1 Å². The van der Waals surface area contributed by atoms with Gasteiger partial charge in [-0.15, -0.1) is 0 Å². The molecular formula is C26H21Cl2NO4. The zero-order valence-electron chi connectivity index (χ0n) is 17.8. The van der Waals surface area contributed by atoms with E-state index in [4.69, 9.17) is 32.7 Å². The maximum Gasteiger partial charge on any atom is 0.323 e. The minimum absolute atomic E-state index is 0.0804. The summed E-state index contributed by atoms with van der Waals surface area (Å²) < 4.78 is 11.3. The predicted octanol–water partition coefficient (Wildman–Crippen LogP) is 5.22. The normalized spacial score (nSPS) is 26.0. The van der Waals surface area contributed by atoms with E-state index < -0.39 is 29.4 Å². The zero-order chi connectivity index (χ0) is 23.2. The molecular weight excluding hydrogens is 461 g/mol. The molecule has 1 saturated heterocycles. The molecule has 3 aromatic rings. The number of benzene rings is 3. The van der Waals surface area contributed by atoms with Gasteiger partial charge in [0.05, 0.1) is 18.1 Å². The van der Waals surface area contributed by atoms with Crippen molar-refractivity contribution < 1.29 is 19.1 Å². The number of rotatable bonds is 3. The molecule has 0 saturated carbocycles. The van der Waals surface area contributed by atoms with E-state index in [0.29, 0.717) is 21.4 Å². The van der Waals surface area contributed by atoms with Crippen LogP contribution in [0.5, 0.6) is 5.75 Å². The molecule has 0 aromatic heterocycles. The Morgan fingerprint density at radius 1 is 0.970 bits per heavy atom. The van der Waals surface area contributed by atoms with Gasteiger partial charge in [-0.3, -0.25) is 14.9 Å². The summed E-state index contributed by atoms with van der Waals surface area (Å²) in [7, 11) is 1.35. The minimum Gasteiger partial charge on any atom is -0.492 e. The van der Waals surface area contributed by atoms with Crippen molar-refractivity contribution in [2.75, 3.05) is 13.7 Å². The van der Waals surface area contributed by atoms with Crippen molar-refractivity contribution in [2.24, 2.45) is 5.41 Å². The summed E-state index contributed by atoms with van der Waals surface area (Å²) in [5, 5.41) is 4.56. The molecule has 2 aliphatic heterocycles. The Morgan fingerprint density at radius 3 is 2.21 bits per heavy atom. The number of hydrogen-bond acceptors (Lipinski definition) is 5. The summed E-state index contributed by atoms with van der Waals surface area (Å²) in [6.07, 6.45) is 0. The van der Waals surface area contributed by atoms with Crippen molar-refractivity contribution in [3.8, 4) is 5.75 Å². The van der Waals surface area contributed by atoms with Crippen LogP contribution >= 0.6 is 23.2 Å². The van der Waals surface area contributed by atoms with Crippen molar-refractivity contribution in [3.05, 3.63) is 99.5 Å². The number of halogens is 2. The molecule has 5 nitrogen and oxygen atoms in total. The van der Waals surface area contributed by atoms with Crippen LogP contribution in [0.2, 0.25) is 10.0 Å². The smallest absolute Gasteiger partial charge is 0.323 e. The lowest BCUT2D eigenvalue weighted by Crippen LogP contribution is -2.48. The second-order valence-corrected chi connectivity index (χ2v) is 9.21. The number of Topliss-reactive ketones (excluding diaryl/α,β-unsaturated/α-hetero) is 1. The topological polar surface area (TPSA) is 64.6 Å². The molecule has 2 heterocycles. The molecule has 3 aromatic carbocycles. The first-order valence-electron chi connectivity index (χ1n) is 10.6. The Kier molecular flexibility index (Phi) is 5.65. The molecule has 0 amide bonds. The number of hydrogen-bond donors (Lipinski definition) is 1. The molecule has 7 heteroatoms. The molecule has 1 fully saturated rings. The van der Waals surface area contributed by atoms with E-state index in [1.165, 1.54) is 7.11 Å². The van der Waals surface area contributed by atoms with Crippen molar-refractivity contribution in [1.82, 2.24) is 5.32 Å². The summed E-state index contributed by atoms with van der Waals surface area (Å²) >= 11 is 12.3. The number of para-hydroxylation sites is 1. The molecule has 0 radical (unpaired) electrons. The highest BCUT2D eigenvalue weighted by molar-refractivity contribution is 6.30. The Balaban J connectivity index is 1.75. The van der Waals surface area contributed by atoms with Gasteiger partial charge in [-0.2, -0.15) is 0 Å². The Hall–Kier alpha value is -2.86. The Bertz CT molecular complexity index is 1210. The van der Waals surface area contributed by atoms with E-state index in [2.05, 4.69) is 5.32 Å². The van der Waals surface area contributed by atoms with Crippen LogP contribution in [0, 0.1) is 5.41 Å². The van der Waals surface area contributed by atoms with Gasteiger partial charge in [-0.05, 0) is 47.5 Å². The van der Waals surface area contributed by atoms with E-state index in [1.807, 2.05) is 36.4 Å². The van der Waals surface area contributed by atoms with Crippen molar-refractivity contribution in [1.29, 1.82) is 0 Å². The molecule has 0 unspecified atom stereocenters. The van der Waals surface area contributed by atoms with Crippen molar-refractivity contribution >= 4 is 35.0 Å². The molecule has 33 heavy (non-hydrogen) atoms. The maximum atomic E-state index is 14.3. The highest BCUT2D eigenvalue weighted by Gasteiger charge is 2.64. The fourth-order valence-corrected chi connectivity index (χ4v) is 5.43. The van der Waals surface area contributed by atoms with Gasteiger partial charge >= 0.3 is 5.97 Å². The first-order valence-corrected chi connectivity index (χ1v) is 11.3. The second-order valence-electron chi connectivity index (χ2n) is 8.34. The van der Waals surface area contributed by atoms with Crippen molar-refractivity contribution in [3.63, 3.8) is 0 Å². The summed E-state index contributed by atoms with van der Waals surface area (Å²) in [5.41, 5.74) is 1.03. The number of ketones is 1. The number of ether oxygens (including phenoxy) is 2. The summed E-state index contributed by atoms with van der Waals surface area (Å²) in [6, 6.07) is 20.4. The monoisotopic (exact) mass is 481 g/mol. The summed E-state index contributed by atoms with van der Waals surface area (Å²) in [5.74, 6) is -0.538. The average Bonchev–Trinajstić information content (AvgIpc) is 3.18. The molecule has 5 rings (SSSR count). The van der Waals surface area contributed by atoms with Gasteiger partial charge in [0.1, 0.15) is 18.4 Å². The SMILES string of the molecule is COC(=O)[C@H]1N[C@@H](c2ccc(Cl)cc2)[C@]2(COc3ccccc3C2=O)[C@@H]1c1ccc(Cl)cc1. The number of fused-ring (bicyclic) bond motifs is 1. The maximum absolute atomic E-state index is 14.3. The van der Waals surface area contributed by atoms with Crippen molar-refractivity contribution in [2.45, 2.75) is 18.0 Å². The number of carbonyl (C=O) groups is 2. The second kappa shape index (κ2) is 8.49. The summed E-state index contributed by atoms with van der Waals surface area (Å²) in [6.45, 7) is 0.101. The molecule has 168 valence electrons. The molecule has 1 N–H and O–H groups in total. The number of nitrogens with one attached hydrogen (secondary N) is 1. The van der Waals surface area contributed by atoms with Gasteiger partial charge in [0.25, 0.3) is 0 Å². The van der Waals surface area contributed by atoms with Crippen LogP contribution < -0.4 is 10.1 Å². The average molecular weight is 482 g/mol. The molecule has 2 aliphatic rings. The van der Waals surface area contributed by atoms with Gasteiger partial charge in [0, 0.05) is 22.0 Å². The Morgan fingerprint density at radius 2 is 1.58 bits per heavy atom. The van der Waals surface area contributed by atoms with Gasteiger partial charge in [0.2, 0.25) is 0 Å². The third-order valence-corrected chi connectivity index (χ3v) is 7.16. The zero-order valence-corrected chi connectivity index (χ0v) is 19.3. The highest BCUT2D eigenvalue weighted by atomic mass is 35.5. The fraction of sp³-hybridized carbons (Fsp3) is 0.231. The Labute approximate surface area is 201 Å².